The van der Waals surface area contributed by atoms with Gasteiger partial charge in [-0.15, -0.1) is 0 Å². The number of anilines is 3. The zero-order chi connectivity index (χ0) is 20.6. The van der Waals surface area contributed by atoms with E-state index >= 15 is 0 Å². The van der Waals surface area contributed by atoms with E-state index in [2.05, 4.69) is 26.5 Å². The summed E-state index contributed by atoms with van der Waals surface area (Å²) >= 11 is 5.63. The SMILES string of the molecule is S=C(Nc1nc(N2CCCCCC2)cc(N2CCOCC2)n1)NC1CCCCCC1. The Kier molecular flexibility index (Phi) is 7.97. The van der Waals surface area contributed by atoms with Crippen molar-refractivity contribution in [2.45, 2.75) is 70.3 Å². The minimum absolute atomic E-state index is 0.458. The molecule has 0 atom stereocenters. The first-order valence-corrected chi connectivity index (χ1v) is 12.2. The number of ether oxygens (including phenoxy) is 1. The van der Waals surface area contributed by atoms with Gasteiger partial charge in [-0.25, -0.2) is 0 Å². The van der Waals surface area contributed by atoms with Crippen LogP contribution >= 0.6 is 12.2 Å². The largest absolute Gasteiger partial charge is 0.378 e. The fraction of sp³-hybridized carbons (Fsp3) is 0.773. The fourth-order valence-corrected chi connectivity index (χ4v) is 4.90. The van der Waals surface area contributed by atoms with Gasteiger partial charge in [-0.2, -0.15) is 9.97 Å². The van der Waals surface area contributed by atoms with Crippen LogP contribution in [0.25, 0.3) is 0 Å². The van der Waals surface area contributed by atoms with Crippen LogP contribution in [-0.2, 0) is 4.74 Å². The second-order valence-electron chi connectivity index (χ2n) is 8.70. The predicted molar refractivity (Wildman–Crippen MR) is 127 cm³/mol. The Morgan fingerprint density at radius 3 is 2.03 bits per heavy atom. The summed E-state index contributed by atoms with van der Waals surface area (Å²) < 4.78 is 5.53. The van der Waals surface area contributed by atoms with Gasteiger partial charge in [0.2, 0.25) is 5.95 Å². The van der Waals surface area contributed by atoms with Crippen molar-refractivity contribution in [3.63, 3.8) is 0 Å². The third-order valence-electron chi connectivity index (χ3n) is 6.38. The molecule has 3 fully saturated rings. The first-order chi connectivity index (χ1) is 14.8. The summed E-state index contributed by atoms with van der Waals surface area (Å²) in [6.07, 6.45) is 12.7. The minimum Gasteiger partial charge on any atom is -0.378 e. The zero-order valence-corrected chi connectivity index (χ0v) is 18.9. The van der Waals surface area contributed by atoms with Gasteiger partial charge in [0.15, 0.2) is 5.11 Å². The third-order valence-corrected chi connectivity index (χ3v) is 6.60. The zero-order valence-electron chi connectivity index (χ0n) is 18.1. The van der Waals surface area contributed by atoms with Crippen LogP contribution in [-0.4, -0.2) is 60.5 Å². The van der Waals surface area contributed by atoms with E-state index in [1.165, 1.54) is 64.2 Å². The Morgan fingerprint density at radius 1 is 0.833 bits per heavy atom. The number of aromatic nitrogens is 2. The van der Waals surface area contributed by atoms with Crippen LogP contribution in [0, 0.1) is 0 Å². The summed E-state index contributed by atoms with van der Waals surface area (Å²) in [5.41, 5.74) is 0. The van der Waals surface area contributed by atoms with Crippen LogP contribution in [0.1, 0.15) is 64.2 Å². The Labute approximate surface area is 186 Å². The molecule has 1 aliphatic carbocycles. The van der Waals surface area contributed by atoms with Gasteiger partial charge in [0, 0.05) is 38.3 Å². The molecule has 4 rings (SSSR count). The first-order valence-electron chi connectivity index (χ1n) is 11.8. The molecule has 0 amide bonds. The maximum Gasteiger partial charge on any atom is 0.232 e. The molecule has 7 nitrogen and oxygen atoms in total. The summed E-state index contributed by atoms with van der Waals surface area (Å²) in [4.78, 5) is 14.4. The molecule has 2 N–H and O–H groups in total. The highest BCUT2D eigenvalue weighted by atomic mass is 32.1. The maximum atomic E-state index is 5.63. The molecule has 166 valence electrons. The monoisotopic (exact) mass is 432 g/mol. The lowest BCUT2D eigenvalue weighted by Crippen LogP contribution is -2.39. The lowest BCUT2D eigenvalue weighted by atomic mass is 10.1. The van der Waals surface area contributed by atoms with Crippen molar-refractivity contribution in [2.75, 3.05) is 54.5 Å². The molecule has 0 unspecified atom stereocenters. The smallest absolute Gasteiger partial charge is 0.232 e. The van der Waals surface area contributed by atoms with Crippen molar-refractivity contribution < 1.29 is 4.74 Å². The molecule has 1 aromatic heterocycles. The third kappa shape index (κ3) is 6.17. The highest BCUT2D eigenvalue weighted by Gasteiger charge is 2.20. The molecule has 0 aromatic carbocycles. The molecule has 8 heteroatoms. The van der Waals surface area contributed by atoms with Crippen molar-refractivity contribution in [2.24, 2.45) is 0 Å². The molecule has 3 heterocycles. The Morgan fingerprint density at radius 2 is 1.40 bits per heavy atom. The standard InChI is InChI=1S/C22H36N6OS/c30-22(23-18-9-5-1-2-6-10-18)26-21-24-19(27-11-7-3-4-8-12-27)17-20(25-21)28-13-15-29-16-14-28/h17-18H,1-16H2,(H2,23,24,25,26,30). The molecule has 0 radical (unpaired) electrons. The summed E-state index contributed by atoms with van der Waals surface area (Å²) in [6.45, 7) is 5.33. The molecular weight excluding hydrogens is 396 g/mol. The molecule has 2 saturated heterocycles. The van der Waals surface area contributed by atoms with E-state index in [-0.39, 0.29) is 0 Å². The average molecular weight is 433 g/mol. The summed E-state index contributed by atoms with van der Waals surface area (Å²) in [5, 5.41) is 7.45. The lowest BCUT2D eigenvalue weighted by molar-refractivity contribution is 0.122. The normalized spacial score (nSPS) is 21.6. The minimum atomic E-state index is 0.458. The van der Waals surface area contributed by atoms with Crippen LogP contribution in [0.4, 0.5) is 17.6 Å². The van der Waals surface area contributed by atoms with Crippen molar-refractivity contribution in [3.05, 3.63) is 6.07 Å². The maximum absolute atomic E-state index is 5.63. The van der Waals surface area contributed by atoms with Crippen molar-refractivity contribution in [3.8, 4) is 0 Å². The summed E-state index contributed by atoms with van der Waals surface area (Å²) in [7, 11) is 0. The van der Waals surface area contributed by atoms with Gasteiger partial charge in [-0.3, -0.25) is 0 Å². The number of nitrogens with one attached hydrogen (secondary N) is 2. The number of rotatable bonds is 4. The number of hydrogen-bond donors (Lipinski definition) is 2. The first kappa shape index (κ1) is 21.6. The average Bonchev–Trinajstić information content (AvgIpc) is 3.19. The summed E-state index contributed by atoms with van der Waals surface area (Å²) in [5.74, 6) is 2.57. The van der Waals surface area contributed by atoms with Crippen molar-refractivity contribution in [1.82, 2.24) is 15.3 Å². The topological polar surface area (TPSA) is 65.6 Å². The highest BCUT2D eigenvalue weighted by Crippen LogP contribution is 2.25. The van der Waals surface area contributed by atoms with Crippen LogP contribution in [0.2, 0.25) is 0 Å². The Balaban J connectivity index is 1.49. The number of morpholine rings is 1. The Bertz CT molecular complexity index is 680. The van der Waals surface area contributed by atoms with Gasteiger partial charge in [-0.05, 0) is 37.9 Å². The molecule has 30 heavy (non-hydrogen) atoms. The predicted octanol–water partition coefficient (Wildman–Crippen LogP) is 3.70. The van der Waals surface area contributed by atoms with Crippen LogP contribution in [0.15, 0.2) is 6.07 Å². The quantitative estimate of drug-likeness (QED) is 0.552. The van der Waals surface area contributed by atoms with E-state index in [9.17, 15) is 0 Å². The fourth-order valence-electron chi connectivity index (χ4n) is 4.64. The molecule has 2 aliphatic heterocycles. The second-order valence-corrected chi connectivity index (χ2v) is 9.10. The van der Waals surface area contributed by atoms with Gasteiger partial charge in [0.25, 0.3) is 0 Å². The van der Waals surface area contributed by atoms with E-state index in [1.54, 1.807) is 0 Å². The number of thiocarbonyl (C=S) groups is 1. The van der Waals surface area contributed by atoms with Crippen molar-refractivity contribution in [1.29, 1.82) is 0 Å². The number of hydrogen-bond acceptors (Lipinski definition) is 6. The van der Waals surface area contributed by atoms with Gasteiger partial charge in [0.05, 0.1) is 13.2 Å². The van der Waals surface area contributed by atoms with E-state index < -0.39 is 0 Å². The van der Waals surface area contributed by atoms with Crippen LogP contribution < -0.4 is 20.4 Å². The lowest BCUT2D eigenvalue weighted by Gasteiger charge is -2.30. The van der Waals surface area contributed by atoms with Gasteiger partial charge in [-0.1, -0.05) is 38.5 Å². The van der Waals surface area contributed by atoms with E-state index in [0.717, 1.165) is 51.0 Å². The molecule has 0 spiro atoms. The van der Waals surface area contributed by atoms with Gasteiger partial charge in [0.1, 0.15) is 11.6 Å². The van der Waals surface area contributed by atoms with Gasteiger partial charge >= 0.3 is 0 Å². The summed E-state index contributed by atoms with van der Waals surface area (Å²) in [6, 6.07) is 2.60. The van der Waals surface area contributed by atoms with E-state index in [0.29, 0.717) is 17.1 Å². The molecule has 3 aliphatic rings. The van der Waals surface area contributed by atoms with Gasteiger partial charge < -0.3 is 25.2 Å². The van der Waals surface area contributed by atoms with Crippen molar-refractivity contribution >= 4 is 34.9 Å². The second kappa shape index (κ2) is 11.1. The van der Waals surface area contributed by atoms with Crippen LogP contribution in [0.3, 0.4) is 0 Å². The van der Waals surface area contributed by atoms with E-state index in [1.807, 2.05) is 0 Å². The molecular formula is C22H36N6OS. The highest BCUT2D eigenvalue weighted by molar-refractivity contribution is 7.80. The molecule has 1 saturated carbocycles. The van der Waals surface area contributed by atoms with Crippen LogP contribution in [0.5, 0.6) is 0 Å². The van der Waals surface area contributed by atoms with E-state index in [4.69, 9.17) is 26.9 Å². The Hall–Kier alpha value is -1.67. The number of nitrogens with zero attached hydrogens (tertiary/aromatic N) is 4. The molecule has 0 bridgehead atoms. The molecule has 1 aromatic rings.